The van der Waals surface area contributed by atoms with Gasteiger partial charge in [-0.2, -0.15) is 0 Å². The van der Waals surface area contributed by atoms with Gasteiger partial charge in [-0.05, 0) is 24.3 Å². The first-order chi connectivity index (χ1) is 15.9. The largest absolute Gasteiger partial charge is 0.497 e. The molecule has 0 bridgehead atoms. The fraction of sp³-hybridized carbons (Fsp3) is 0.333. The van der Waals surface area contributed by atoms with Crippen LogP contribution < -0.4 is 4.74 Å². The van der Waals surface area contributed by atoms with Crippen molar-refractivity contribution in [3.63, 3.8) is 0 Å². The summed E-state index contributed by atoms with van der Waals surface area (Å²) in [7, 11) is 1.59. The van der Waals surface area contributed by atoms with Gasteiger partial charge in [-0.15, -0.1) is 0 Å². The molecule has 0 N–H and O–H groups in total. The van der Waals surface area contributed by atoms with Crippen LogP contribution in [0.3, 0.4) is 0 Å². The molecule has 9 heteroatoms. The van der Waals surface area contributed by atoms with E-state index in [4.69, 9.17) is 19.2 Å². The zero-order valence-corrected chi connectivity index (χ0v) is 18.4. The molecule has 0 radical (unpaired) electrons. The van der Waals surface area contributed by atoms with Crippen molar-refractivity contribution in [2.24, 2.45) is 5.41 Å². The second kappa shape index (κ2) is 8.00. The number of carbonyl (C=O) groups excluding carboxylic acids is 3. The Morgan fingerprint density at radius 3 is 2.39 bits per heavy atom. The first-order valence-corrected chi connectivity index (χ1v) is 10.6. The number of hydrogen-bond donors (Lipinski definition) is 0. The first-order valence-electron chi connectivity index (χ1n) is 10.6. The lowest BCUT2D eigenvalue weighted by Crippen LogP contribution is -2.50. The number of amides is 2. The number of benzene rings is 2. The molecule has 1 saturated heterocycles. The second-order valence-corrected chi connectivity index (χ2v) is 8.48. The van der Waals surface area contributed by atoms with Crippen LogP contribution in [-0.4, -0.2) is 59.2 Å². The van der Waals surface area contributed by atoms with E-state index in [9.17, 15) is 14.4 Å². The fourth-order valence-electron chi connectivity index (χ4n) is 4.30. The normalized spacial score (nSPS) is 16.6. The summed E-state index contributed by atoms with van der Waals surface area (Å²) >= 11 is 0. The predicted molar refractivity (Wildman–Crippen MR) is 117 cm³/mol. The SMILES string of the molecule is COc1ccc2nc(CN3C(=O)c4ccccc4C3=O)n(CC3(COC(C)=O)COC3)c2c1. The van der Waals surface area contributed by atoms with E-state index < -0.39 is 5.41 Å². The molecule has 3 aromatic rings. The number of rotatable bonds is 7. The number of hydrogen-bond acceptors (Lipinski definition) is 7. The molecule has 2 aliphatic rings. The summed E-state index contributed by atoms with van der Waals surface area (Å²) in [5.74, 6) is 0.183. The highest BCUT2D eigenvalue weighted by atomic mass is 16.5. The van der Waals surface area contributed by atoms with E-state index in [1.807, 2.05) is 22.8 Å². The minimum atomic E-state index is -0.418. The van der Waals surface area contributed by atoms with Gasteiger partial charge in [-0.1, -0.05) is 12.1 Å². The van der Waals surface area contributed by atoms with Gasteiger partial charge in [0.25, 0.3) is 11.8 Å². The molecule has 0 aliphatic carbocycles. The molecule has 0 atom stereocenters. The van der Waals surface area contributed by atoms with Crippen molar-refractivity contribution in [2.45, 2.75) is 20.0 Å². The quantitative estimate of drug-likeness (QED) is 0.403. The molecule has 170 valence electrons. The maximum atomic E-state index is 12.9. The fourth-order valence-corrected chi connectivity index (χ4v) is 4.30. The van der Waals surface area contributed by atoms with E-state index in [0.717, 1.165) is 5.52 Å². The molecule has 33 heavy (non-hydrogen) atoms. The Labute approximate surface area is 189 Å². The van der Waals surface area contributed by atoms with Crippen molar-refractivity contribution in [3.8, 4) is 5.75 Å². The van der Waals surface area contributed by atoms with Crippen LogP contribution in [0, 0.1) is 5.41 Å². The molecule has 2 aliphatic heterocycles. The first kappa shape index (κ1) is 21.1. The van der Waals surface area contributed by atoms with Gasteiger partial charge in [-0.25, -0.2) is 4.98 Å². The van der Waals surface area contributed by atoms with Gasteiger partial charge in [0.1, 0.15) is 18.2 Å². The van der Waals surface area contributed by atoms with Crippen LogP contribution in [0.15, 0.2) is 42.5 Å². The van der Waals surface area contributed by atoms with Gasteiger partial charge in [0, 0.05) is 19.5 Å². The van der Waals surface area contributed by atoms with E-state index in [1.165, 1.54) is 11.8 Å². The minimum absolute atomic E-state index is 0.0217. The summed E-state index contributed by atoms with van der Waals surface area (Å²) in [6.45, 7) is 2.90. The van der Waals surface area contributed by atoms with Crippen molar-refractivity contribution >= 4 is 28.8 Å². The lowest BCUT2D eigenvalue weighted by molar-refractivity contribution is -0.171. The maximum absolute atomic E-state index is 12.9. The van der Waals surface area contributed by atoms with Gasteiger partial charge in [0.2, 0.25) is 0 Å². The van der Waals surface area contributed by atoms with Crippen molar-refractivity contribution in [1.29, 1.82) is 0 Å². The van der Waals surface area contributed by atoms with E-state index in [0.29, 0.717) is 48.0 Å². The number of ether oxygens (including phenoxy) is 3. The molecule has 5 rings (SSSR count). The average Bonchev–Trinajstić information content (AvgIpc) is 3.25. The number of nitrogens with zero attached hydrogens (tertiary/aromatic N) is 3. The number of aromatic nitrogens is 2. The van der Waals surface area contributed by atoms with Crippen LogP contribution in [0.1, 0.15) is 33.5 Å². The summed E-state index contributed by atoms with van der Waals surface area (Å²) < 4.78 is 18.1. The van der Waals surface area contributed by atoms with Crippen molar-refractivity contribution < 1.29 is 28.6 Å². The Balaban J connectivity index is 1.53. The third kappa shape index (κ3) is 3.64. The molecular weight excluding hydrogens is 426 g/mol. The highest BCUT2D eigenvalue weighted by Crippen LogP contribution is 2.34. The Bertz CT molecular complexity index is 1240. The Morgan fingerprint density at radius 2 is 1.82 bits per heavy atom. The van der Waals surface area contributed by atoms with Crippen molar-refractivity contribution in [2.75, 3.05) is 26.9 Å². The van der Waals surface area contributed by atoms with Gasteiger partial charge in [-0.3, -0.25) is 19.3 Å². The standard InChI is InChI=1S/C24H23N3O6/c1-15(28)33-14-24(12-32-13-24)11-27-20-9-16(31-2)7-8-19(20)25-21(27)10-26-22(29)17-5-3-4-6-18(17)23(26)30/h3-9H,10-14H2,1-2H3. The van der Waals surface area contributed by atoms with Crippen LogP contribution in [-0.2, 0) is 27.4 Å². The molecule has 1 aromatic heterocycles. The number of methoxy groups -OCH3 is 1. The summed E-state index contributed by atoms with van der Waals surface area (Å²) in [5, 5.41) is 0. The molecule has 1 fully saturated rings. The second-order valence-electron chi connectivity index (χ2n) is 8.48. The van der Waals surface area contributed by atoms with Crippen LogP contribution in [0.5, 0.6) is 5.75 Å². The van der Waals surface area contributed by atoms with E-state index in [1.54, 1.807) is 31.4 Å². The zero-order valence-electron chi connectivity index (χ0n) is 18.4. The van der Waals surface area contributed by atoms with Gasteiger partial charge >= 0.3 is 5.97 Å². The topological polar surface area (TPSA) is 100.0 Å². The van der Waals surface area contributed by atoms with E-state index >= 15 is 0 Å². The summed E-state index contributed by atoms with van der Waals surface area (Å²) in [4.78, 5) is 43.3. The highest BCUT2D eigenvalue weighted by Gasteiger charge is 2.42. The minimum Gasteiger partial charge on any atom is -0.497 e. The van der Waals surface area contributed by atoms with Crippen LogP contribution in [0.4, 0.5) is 0 Å². The molecule has 2 amide bonds. The summed E-state index contributed by atoms with van der Waals surface area (Å²) in [6, 6.07) is 12.3. The number of fused-ring (bicyclic) bond motifs is 2. The smallest absolute Gasteiger partial charge is 0.302 e. The average molecular weight is 449 g/mol. The van der Waals surface area contributed by atoms with Gasteiger partial charge in [0.05, 0.1) is 54.4 Å². The summed E-state index contributed by atoms with van der Waals surface area (Å²) in [5.41, 5.74) is 1.88. The van der Waals surface area contributed by atoms with Crippen molar-refractivity contribution in [1.82, 2.24) is 14.5 Å². The highest BCUT2D eigenvalue weighted by molar-refractivity contribution is 6.21. The van der Waals surface area contributed by atoms with E-state index in [-0.39, 0.29) is 30.9 Å². The van der Waals surface area contributed by atoms with E-state index in [2.05, 4.69) is 0 Å². The lowest BCUT2D eigenvalue weighted by atomic mass is 9.86. The van der Waals surface area contributed by atoms with Crippen LogP contribution in [0.2, 0.25) is 0 Å². The molecular formula is C24H23N3O6. The number of carbonyl (C=O) groups is 3. The molecule has 0 spiro atoms. The third-order valence-electron chi connectivity index (χ3n) is 6.10. The molecule has 9 nitrogen and oxygen atoms in total. The molecule has 3 heterocycles. The Hall–Kier alpha value is -3.72. The van der Waals surface area contributed by atoms with Crippen LogP contribution >= 0.6 is 0 Å². The van der Waals surface area contributed by atoms with Gasteiger partial charge in [0.15, 0.2) is 0 Å². The lowest BCUT2D eigenvalue weighted by Gasteiger charge is -2.41. The third-order valence-corrected chi connectivity index (χ3v) is 6.10. The molecule has 2 aromatic carbocycles. The zero-order chi connectivity index (χ0) is 23.2. The molecule has 0 saturated carbocycles. The molecule has 0 unspecified atom stereocenters. The Kier molecular flexibility index (Phi) is 5.13. The monoisotopic (exact) mass is 449 g/mol. The maximum Gasteiger partial charge on any atom is 0.302 e. The number of imide groups is 1. The number of esters is 1. The summed E-state index contributed by atoms with van der Waals surface area (Å²) in [6.07, 6.45) is 0. The van der Waals surface area contributed by atoms with Crippen molar-refractivity contribution in [3.05, 3.63) is 59.4 Å². The number of imidazole rings is 1. The van der Waals surface area contributed by atoms with Crippen LogP contribution in [0.25, 0.3) is 11.0 Å². The Morgan fingerprint density at radius 1 is 1.12 bits per heavy atom. The van der Waals surface area contributed by atoms with Gasteiger partial charge < -0.3 is 18.8 Å². The predicted octanol–water partition coefficient (Wildman–Crippen LogP) is 2.42.